The summed E-state index contributed by atoms with van der Waals surface area (Å²) < 4.78 is 9.88. The molecular formula is C16H20O4. The molecule has 108 valence electrons. The van der Waals surface area contributed by atoms with Crippen molar-refractivity contribution in [2.75, 3.05) is 14.2 Å². The van der Waals surface area contributed by atoms with Crippen molar-refractivity contribution >= 4 is 11.9 Å². The van der Waals surface area contributed by atoms with E-state index < -0.39 is 11.8 Å². The summed E-state index contributed by atoms with van der Waals surface area (Å²) in [4.78, 5) is 24.3. The van der Waals surface area contributed by atoms with Crippen molar-refractivity contribution in [2.24, 2.45) is 35.5 Å². The monoisotopic (exact) mass is 276 g/mol. The lowest BCUT2D eigenvalue weighted by atomic mass is 9.45. The SMILES string of the molecule is COC(=O)[C@@H]1[C@H]2C=C[C@H]([C@@H]1C(=O)OC)[C@@H]1C(C)=C(C)[C@H]21. The Balaban J connectivity index is 2.04. The number of fused-ring (bicyclic) bond motifs is 1. The van der Waals surface area contributed by atoms with Crippen molar-refractivity contribution in [3.05, 3.63) is 23.3 Å². The van der Waals surface area contributed by atoms with Crippen LogP contribution in [0.15, 0.2) is 23.3 Å². The van der Waals surface area contributed by atoms with E-state index in [0.717, 1.165) is 0 Å². The zero-order chi connectivity index (χ0) is 14.6. The van der Waals surface area contributed by atoms with Gasteiger partial charge in [-0.2, -0.15) is 0 Å². The molecule has 4 nitrogen and oxygen atoms in total. The molecule has 4 rings (SSSR count). The molecule has 0 radical (unpaired) electrons. The Morgan fingerprint density at radius 3 is 1.50 bits per heavy atom. The van der Waals surface area contributed by atoms with Gasteiger partial charge in [-0.05, 0) is 37.5 Å². The molecule has 4 heteroatoms. The van der Waals surface area contributed by atoms with Gasteiger partial charge < -0.3 is 9.47 Å². The lowest BCUT2D eigenvalue weighted by molar-refractivity contribution is -0.168. The lowest BCUT2D eigenvalue weighted by Crippen LogP contribution is -2.57. The zero-order valence-corrected chi connectivity index (χ0v) is 12.3. The van der Waals surface area contributed by atoms with Crippen LogP contribution >= 0.6 is 0 Å². The summed E-state index contributed by atoms with van der Waals surface area (Å²) in [5, 5.41) is 0. The molecular weight excluding hydrogens is 256 g/mol. The molecule has 0 aromatic rings. The molecule has 0 saturated heterocycles. The molecule has 0 unspecified atom stereocenters. The average Bonchev–Trinajstić information content (AvgIpc) is 2.50. The maximum Gasteiger partial charge on any atom is 0.310 e. The fraction of sp³-hybridized carbons (Fsp3) is 0.625. The highest BCUT2D eigenvalue weighted by Gasteiger charge is 2.61. The number of hydrogen-bond donors (Lipinski definition) is 0. The molecule has 0 aromatic heterocycles. The first-order valence-corrected chi connectivity index (χ1v) is 7.04. The van der Waals surface area contributed by atoms with E-state index in [1.165, 1.54) is 25.4 Å². The first-order chi connectivity index (χ1) is 9.52. The number of carbonyl (C=O) groups excluding carboxylic acids is 2. The van der Waals surface area contributed by atoms with E-state index in [-0.39, 0.29) is 23.8 Å². The average molecular weight is 276 g/mol. The summed E-state index contributed by atoms with van der Waals surface area (Å²) >= 11 is 0. The van der Waals surface area contributed by atoms with Gasteiger partial charge in [0.05, 0.1) is 26.1 Å². The molecule has 4 aliphatic carbocycles. The van der Waals surface area contributed by atoms with E-state index >= 15 is 0 Å². The minimum Gasteiger partial charge on any atom is -0.469 e. The summed E-state index contributed by atoms with van der Waals surface area (Å²) in [6.45, 7) is 4.26. The predicted molar refractivity (Wildman–Crippen MR) is 72.5 cm³/mol. The molecule has 0 heterocycles. The van der Waals surface area contributed by atoms with Gasteiger partial charge >= 0.3 is 11.9 Å². The van der Waals surface area contributed by atoms with Gasteiger partial charge in [0.15, 0.2) is 0 Å². The van der Waals surface area contributed by atoms with Gasteiger partial charge in [-0.1, -0.05) is 23.3 Å². The van der Waals surface area contributed by atoms with E-state index in [2.05, 4.69) is 26.0 Å². The van der Waals surface area contributed by atoms with Crippen LogP contribution < -0.4 is 0 Å². The van der Waals surface area contributed by atoms with Gasteiger partial charge in [0.25, 0.3) is 0 Å². The molecule has 0 amide bonds. The molecule has 20 heavy (non-hydrogen) atoms. The number of methoxy groups -OCH3 is 2. The summed E-state index contributed by atoms with van der Waals surface area (Å²) in [5.74, 6) is -0.523. The van der Waals surface area contributed by atoms with Crippen LogP contribution in [-0.4, -0.2) is 26.2 Å². The van der Waals surface area contributed by atoms with Crippen LogP contribution in [0.2, 0.25) is 0 Å². The van der Waals surface area contributed by atoms with Crippen LogP contribution in [-0.2, 0) is 19.1 Å². The number of esters is 2. The molecule has 4 aliphatic rings. The maximum absolute atomic E-state index is 12.2. The normalized spacial score (nSPS) is 41.0. The molecule has 0 aromatic carbocycles. The minimum atomic E-state index is -0.410. The number of rotatable bonds is 2. The van der Waals surface area contributed by atoms with Crippen molar-refractivity contribution < 1.29 is 19.1 Å². The molecule has 2 bridgehead atoms. The van der Waals surface area contributed by atoms with Crippen LogP contribution in [0.25, 0.3) is 0 Å². The van der Waals surface area contributed by atoms with Crippen LogP contribution in [0.4, 0.5) is 0 Å². The van der Waals surface area contributed by atoms with E-state index in [9.17, 15) is 9.59 Å². The quantitative estimate of drug-likeness (QED) is 0.571. The van der Waals surface area contributed by atoms with Gasteiger partial charge in [0.2, 0.25) is 0 Å². The number of allylic oxidation sites excluding steroid dienone is 4. The predicted octanol–water partition coefficient (Wildman–Crippen LogP) is 1.96. The van der Waals surface area contributed by atoms with Crippen LogP contribution in [0.3, 0.4) is 0 Å². The summed E-state index contributed by atoms with van der Waals surface area (Å²) in [6.07, 6.45) is 4.20. The summed E-state index contributed by atoms with van der Waals surface area (Å²) in [7, 11) is 2.77. The minimum absolute atomic E-state index is 0.0604. The Hall–Kier alpha value is -1.58. The molecule has 0 N–H and O–H groups in total. The van der Waals surface area contributed by atoms with E-state index in [1.807, 2.05) is 0 Å². The van der Waals surface area contributed by atoms with Crippen molar-refractivity contribution in [3.63, 3.8) is 0 Å². The fourth-order valence-electron chi connectivity index (χ4n) is 4.57. The second-order valence-electron chi connectivity index (χ2n) is 6.06. The van der Waals surface area contributed by atoms with E-state index in [1.54, 1.807) is 0 Å². The third-order valence-corrected chi connectivity index (χ3v) is 5.56. The Labute approximate surface area is 118 Å². The van der Waals surface area contributed by atoms with Crippen molar-refractivity contribution in [1.82, 2.24) is 0 Å². The number of hydrogen-bond acceptors (Lipinski definition) is 4. The van der Waals surface area contributed by atoms with Crippen LogP contribution in [0.1, 0.15) is 13.8 Å². The third kappa shape index (κ3) is 1.48. The summed E-state index contributed by atoms with van der Waals surface area (Å²) in [5.41, 5.74) is 2.73. The molecule has 0 aliphatic heterocycles. The molecule has 6 atom stereocenters. The molecule has 1 saturated carbocycles. The maximum atomic E-state index is 12.2. The van der Waals surface area contributed by atoms with Gasteiger partial charge in [-0.15, -0.1) is 0 Å². The largest absolute Gasteiger partial charge is 0.469 e. The van der Waals surface area contributed by atoms with Crippen molar-refractivity contribution in [2.45, 2.75) is 13.8 Å². The number of carbonyl (C=O) groups is 2. The Kier molecular flexibility index (Phi) is 3.00. The second kappa shape index (κ2) is 4.47. The smallest absolute Gasteiger partial charge is 0.310 e. The van der Waals surface area contributed by atoms with E-state index in [4.69, 9.17) is 9.47 Å². The lowest BCUT2D eigenvalue weighted by Gasteiger charge is -2.57. The second-order valence-corrected chi connectivity index (χ2v) is 6.06. The highest BCUT2D eigenvalue weighted by atomic mass is 16.5. The van der Waals surface area contributed by atoms with Crippen molar-refractivity contribution in [1.29, 1.82) is 0 Å². The fourth-order valence-corrected chi connectivity index (χ4v) is 4.57. The summed E-state index contributed by atoms with van der Waals surface area (Å²) in [6, 6.07) is 0. The Bertz CT molecular complexity index is 485. The van der Waals surface area contributed by atoms with E-state index in [0.29, 0.717) is 11.8 Å². The van der Waals surface area contributed by atoms with Crippen LogP contribution in [0, 0.1) is 35.5 Å². The Morgan fingerprint density at radius 2 is 1.20 bits per heavy atom. The third-order valence-electron chi connectivity index (χ3n) is 5.56. The molecule has 0 spiro atoms. The van der Waals surface area contributed by atoms with Crippen molar-refractivity contribution in [3.8, 4) is 0 Å². The van der Waals surface area contributed by atoms with Gasteiger partial charge in [0.1, 0.15) is 0 Å². The standard InChI is InChI=1S/C16H20O4/c1-7-8(2)12-10-6-5-9(11(7)12)13(15(17)19-3)14(10)16(18)20-4/h5-6,9-14H,1-4H3/t9-,10-,11-,12+,13-,14+/m0/s1. The first-order valence-electron chi connectivity index (χ1n) is 7.04. The number of ether oxygens (including phenoxy) is 2. The first kappa shape index (κ1) is 13.4. The van der Waals surface area contributed by atoms with Gasteiger partial charge in [-0.3, -0.25) is 9.59 Å². The van der Waals surface area contributed by atoms with Crippen LogP contribution in [0.5, 0.6) is 0 Å². The highest BCUT2D eigenvalue weighted by molar-refractivity contribution is 5.84. The Morgan fingerprint density at radius 1 is 0.850 bits per heavy atom. The van der Waals surface area contributed by atoms with Gasteiger partial charge in [-0.25, -0.2) is 0 Å². The zero-order valence-electron chi connectivity index (χ0n) is 12.3. The topological polar surface area (TPSA) is 52.6 Å². The highest BCUT2D eigenvalue weighted by Crippen LogP contribution is 2.61. The molecule has 1 fully saturated rings. The van der Waals surface area contributed by atoms with Gasteiger partial charge in [0, 0.05) is 0 Å².